The van der Waals surface area contributed by atoms with Crippen molar-refractivity contribution < 1.29 is 28.6 Å². The predicted molar refractivity (Wildman–Crippen MR) is 312 cm³/mol. The summed E-state index contributed by atoms with van der Waals surface area (Å²) in [7, 11) is 0. The fraction of sp³-hybridized carbons (Fsp3) is 0.864. The van der Waals surface area contributed by atoms with Gasteiger partial charge in [0.1, 0.15) is 13.2 Å². The summed E-state index contributed by atoms with van der Waals surface area (Å²) in [6, 6.07) is 0. The highest BCUT2D eigenvalue weighted by Gasteiger charge is 2.19. The molecule has 0 heterocycles. The minimum absolute atomic E-state index is 0.0692. The number of unbranched alkanes of at least 4 members (excludes halogenated alkanes) is 42. The molecule has 1 unspecified atom stereocenters. The molecule has 0 rings (SSSR count). The molecule has 0 saturated heterocycles. The molecular weight excluding hydrogens is 889 g/mol. The lowest BCUT2D eigenvalue weighted by Crippen LogP contribution is -2.30. The van der Waals surface area contributed by atoms with E-state index < -0.39 is 6.10 Å². The number of carbonyl (C=O) groups excluding carboxylic acids is 3. The van der Waals surface area contributed by atoms with Crippen LogP contribution in [0.5, 0.6) is 0 Å². The molecule has 6 heteroatoms. The van der Waals surface area contributed by atoms with Crippen LogP contribution in [-0.4, -0.2) is 37.2 Å². The van der Waals surface area contributed by atoms with Crippen LogP contribution >= 0.6 is 0 Å². The Kier molecular flexibility index (Phi) is 59.2. The average molecular weight is 1010 g/mol. The Morgan fingerprint density at radius 1 is 0.278 bits per heavy atom. The maximum Gasteiger partial charge on any atom is 0.306 e. The van der Waals surface area contributed by atoms with Gasteiger partial charge in [0.15, 0.2) is 6.10 Å². The summed E-state index contributed by atoms with van der Waals surface area (Å²) in [5, 5.41) is 0. The third-order valence-electron chi connectivity index (χ3n) is 14.4. The Bertz CT molecular complexity index is 1210. The van der Waals surface area contributed by atoms with E-state index in [2.05, 4.69) is 57.2 Å². The summed E-state index contributed by atoms with van der Waals surface area (Å²) in [5.74, 6) is -0.854. The molecule has 0 aliphatic rings. The lowest BCUT2D eigenvalue weighted by molar-refractivity contribution is -0.167. The van der Waals surface area contributed by atoms with E-state index >= 15 is 0 Å². The highest BCUT2D eigenvalue weighted by atomic mass is 16.6. The van der Waals surface area contributed by atoms with Crippen molar-refractivity contribution in [2.24, 2.45) is 0 Å². The molecule has 0 saturated carbocycles. The topological polar surface area (TPSA) is 78.9 Å². The van der Waals surface area contributed by atoms with E-state index in [1.807, 2.05) is 0 Å². The molecule has 0 fully saturated rings. The first kappa shape index (κ1) is 69.6. The van der Waals surface area contributed by atoms with Gasteiger partial charge in [0, 0.05) is 19.3 Å². The van der Waals surface area contributed by atoms with Crippen LogP contribution in [-0.2, 0) is 28.6 Å². The van der Waals surface area contributed by atoms with E-state index in [-0.39, 0.29) is 31.1 Å². The summed E-state index contributed by atoms with van der Waals surface area (Å²) in [6.45, 7) is 6.67. The Morgan fingerprint density at radius 2 is 0.500 bits per heavy atom. The number of hydrogen-bond donors (Lipinski definition) is 0. The predicted octanol–water partition coefficient (Wildman–Crippen LogP) is 21.6. The van der Waals surface area contributed by atoms with Crippen LogP contribution < -0.4 is 0 Å². The minimum atomic E-state index is -0.771. The number of rotatable bonds is 59. The molecule has 0 aliphatic heterocycles. The minimum Gasteiger partial charge on any atom is -0.462 e. The molecule has 72 heavy (non-hydrogen) atoms. The zero-order valence-electron chi connectivity index (χ0n) is 48.5. The van der Waals surface area contributed by atoms with Crippen molar-refractivity contribution >= 4 is 17.9 Å². The Labute approximate surface area is 448 Å². The van der Waals surface area contributed by atoms with E-state index in [1.54, 1.807) is 0 Å². The fourth-order valence-corrected chi connectivity index (χ4v) is 9.57. The highest BCUT2D eigenvalue weighted by Crippen LogP contribution is 2.17. The van der Waals surface area contributed by atoms with Gasteiger partial charge in [0.05, 0.1) is 0 Å². The van der Waals surface area contributed by atoms with Gasteiger partial charge in [-0.2, -0.15) is 0 Å². The number of esters is 3. The number of ether oxygens (including phenoxy) is 3. The van der Waals surface area contributed by atoms with E-state index in [4.69, 9.17) is 14.2 Å². The lowest BCUT2D eigenvalue weighted by atomic mass is 10.0. The normalized spacial score (nSPS) is 12.2. The second kappa shape index (κ2) is 61.2. The SMILES string of the molecule is CCCCCCC/C=C\C/C=C\C/C=C\CCCCCCCCCCC(=O)OCC(COC(=O)CCCCCCCCCCCCC)OC(=O)CCCCCCCCCCCCCCCCCCCCCC. The van der Waals surface area contributed by atoms with Crippen molar-refractivity contribution in [3.63, 3.8) is 0 Å². The van der Waals surface area contributed by atoms with Crippen molar-refractivity contribution in [2.45, 2.75) is 354 Å². The quantitative estimate of drug-likeness (QED) is 0.0261. The molecule has 422 valence electrons. The Balaban J connectivity index is 4.26. The van der Waals surface area contributed by atoms with E-state index in [0.717, 1.165) is 77.0 Å². The Morgan fingerprint density at radius 3 is 0.778 bits per heavy atom. The first-order valence-electron chi connectivity index (χ1n) is 32.0. The van der Waals surface area contributed by atoms with Gasteiger partial charge < -0.3 is 14.2 Å². The van der Waals surface area contributed by atoms with Gasteiger partial charge in [0.25, 0.3) is 0 Å². The van der Waals surface area contributed by atoms with E-state index in [1.165, 1.54) is 231 Å². The van der Waals surface area contributed by atoms with Gasteiger partial charge in [-0.25, -0.2) is 0 Å². The maximum absolute atomic E-state index is 12.9. The standard InChI is InChI=1S/C66H122O6/c1-4-7-10-13-16-19-22-24-26-28-30-32-33-34-36-37-39-41-44-47-50-53-56-59-65(68)71-62-63(61-70-64(67)58-55-52-49-46-43-21-18-15-12-9-6-3)72-66(69)60-57-54-51-48-45-42-40-38-35-31-29-27-25-23-20-17-14-11-8-5-2/h22,24,28,30,33-34,63H,4-21,23,25-27,29,31-32,35-62H2,1-3H3/b24-22-,30-28-,34-33-. The summed E-state index contributed by atoms with van der Waals surface area (Å²) >= 11 is 0. The largest absolute Gasteiger partial charge is 0.462 e. The van der Waals surface area contributed by atoms with Gasteiger partial charge >= 0.3 is 17.9 Å². The van der Waals surface area contributed by atoms with Crippen molar-refractivity contribution in [1.82, 2.24) is 0 Å². The van der Waals surface area contributed by atoms with Crippen LogP contribution in [0.1, 0.15) is 348 Å². The first-order valence-corrected chi connectivity index (χ1v) is 32.0. The summed E-state index contributed by atoms with van der Waals surface area (Å²) in [6.07, 6.45) is 74.4. The van der Waals surface area contributed by atoms with Crippen LogP contribution in [0, 0.1) is 0 Å². The monoisotopic (exact) mass is 1010 g/mol. The average Bonchev–Trinajstić information content (AvgIpc) is 3.38. The van der Waals surface area contributed by atoms with Crippen molar-refractivity contribution in [2.75, 3.05) is 13.2 Å². The maximum atomic E-state index is 12.9. The van der Waals surface area contributed by atoms with Gasteiger partial charge in [-0.15, -0.1) is 0 Å². The smallest absolute Gasteiger partial charge is 0.306 e. The van der Waals surface area contributed by atoms with E-state index in [0.29, 0.717) is 19.3 Å². The second-order valence-corrected chi connectivity index (χ2v) is 21.7. The van der Waals surface area contributed by atoms with Crippen LogP contribution in [0.2, 0.25) is 0 Å². The molecule has 0 aromatic rings. The van der Waals surface area contributed by atoms with Crippen LogP contribution in [0.15, 0.2) is 36.5 Å². The third kappa shape index (κ3) is 58.5. The molecule has 0 amide bonds. The van der Waals surface area contributed by atoms with Crippen LogP contribution in [0.25, 0.3) is 0 Å². The number of allylic oxidation sites excluding steroid dienone is 6. The second-order valence-electron chi connectivity index (χ2n) is 21.7. The van der Waals surface area contributed by atoms with Gasteiger partial charge in [-0.1, -0.05) is 308 Å². The molecule has 0 aromatic heterocycles. The van der Waals surface area contributed by atoms with Crippen molar-refractivity contribution in [1.29, 1.82) is 0 Å². The first-order chi connectivity index (χ1) is 35.5. The highest BCUT2D eigenvalue weighted by molar-refractivity contribution is 5.71. The molecule has 0 bridgehead atoms. The summed E-state index contributed by atoms with van der Waals surface area (Å²) in [5.41, 5.74) is 0. The van der Waals surface area contributed by atoms with Crippen molar-refractivity contribution in [3.8, 4) is 0 Å². The van der Waals surface area contributed by atoms with E-state index in [9.17, 15) is 14.4 Å². The van der Waals surface area contributed by atoms with Gasteiger partial charge in [-0.3, -0.25) is 14.4 Å². The van der Waals surface area contributed by atoms with Gasteiger partial charge in [0.2, 0.25) is 0 Å². The Hall–Kier alpha value is -2.37. The third-order valence-corrected chi connectivity index (χ3v) is 14.4. The van der Waals surface area contributed by atoms with Crippen LogP contribution in [0.3, 0.4) is 0 Å². The molecule has 0 aromatic carbocycles. The molecule has 0 radical (unpaired) electrons. The molecule has 0 aliphatic carbocycles. The number of hydrogen-bond acceptors (Lipinski definition) is 6. The zero-order chi connectivity index (χ0) is 52.2. The van der Waals surface area contributed by atoms with Gasteiger partial charge in [-0.05, 0) is 57.8 Å². The zero-order valence-corrected chi connectivity index (χ0v) is 48.5. The molecule has 0 N–H and O–H groups in total. The molecule has 0 spiro atoms. The molecule has 1 atom stereocenters. The molecular formula is C66H122O6. The molecule has 6 nitrogen and oxygen atoms in total. The summed E-state index contributed by atoms with van der Waals surface area (Å²) < 4.78 is 16.9. The van der Waals surface area contributed by atoms with Crippen LogP contribution in [0.4, 0.5) is 0 Å². The fourth-order valence-electron chi connectivity index (χ4n) is 9.57. The summed E-state index contributed by atoms with van der Waals surface area (Å²) in [4.78, 5) is 38.2. The lowest BCUT2D eigenvalue weighted by Gasteiger charge is -2.18. The van der Waals surface area contributed by atoms with Crippen molar-refractivity contribution in [3.05, 3.63) is 36.5 Å². The number of carbonyl (C=O) groups is 3.